The summed E-state index contributed by atoms with van der Waals surface area (Å²) in [4.78, 5) is 12.4. The first kappa shape index (κ1) is 14.1. The smallest absolute Gasteiger partial charge is 0.291 e. The van der Waals surface area contributed by atoms with Crippen LogP contribution in [0.2, 0.25) is 0 Å². The van der Waals surface area contributed by atoms with Crippen LogP contribution in [-0.2, 0) is 6.54 Å². The lowest BCUT2D eigenvalue weighted by Gasteiger charge is -2.25. The molecule has 1 atom stereocenters. The third-order valence-electron chi connectivity index (χ3n) is 3.58. The summed E-state index contributed by atoms with van der Waals surface area (Å²) < 4.78 is 2.20. The molecule has 1 aliphatic carbocycles. The van der Waals surface area contributed by atoms with Crippen molar-refractivity contribution in [3.8, 4) is 12.3 Å². The molecule has 102 valence electrons. The highest BCUT2D eigenvalue weighted by atomic mass is 79.9. The zero-order valence-corrected chi connectivity index (χ0v) is 12.6. The summed E-state index contributed by atoms with van der Waals surface area (Å²) in [7, 11) is 0. The molecule has 1 aromatic heterocycles. The number of hydrogen-bond acceptors (Lipinski definition) is 3. The summed E-state index contributed by atoms with van der Waals surface area (Å²) in [6.07, 6.45) is 11.5. The second-order valence-corrected chi connectivity index (χ2v) is 5.78. The van der Waals surface area contributed by atoms with Crippen LogP contribution in [0.3, 0.4) is 0 Å². The molecule has 4 nitrogen and oxygen atoms in total. The van der Waals surface area contributed by atoms with Crippen molar-refractivity contribution in [1.29, 1.82) is 0 Å². The highest BCUT2D eigenvalue weighted by Crippen LogP contribution is 2.27. The van der Waals surface area contributed by atoms with Crippen molar-refractivity contribution in [1.82, 2.24) is 9.78 Å². The Morgan fingerprint density at radius 2 is 2.42 bits per heavy atom. The van der Waals surface area contributed by atoms with E-state index in [4.69, 9.17) is 6.42 Å². The van der Waals surface area contributed by atoms with Crippen molar-refractivity contribution in [3.05, 3.63) is 21.0 Å². The largest absolute Gasteiger partial charge is 0.366 e. The molecule has 1 aromatic rings. The highest BCUT2D eigenvalue weighted by Gasteiger charge is 2.20. The minimum atomic E-state index is -0.136. The van der Waals surface area contributed by atoms with E-state index in [1.54, 1.807) is 10.9 Å². The molecule has 2 rings (SSSR count). The zero-order chi connectivity index (χ0) is 13.8. The molecule has 1 saturated carbocycles. The molecule has 0 spiro atoms. The van der Waals surface area contributed by atoms with E-state index in [0.717, 1.165) is 6.42 Å². The SMILES string of the molecule is C#CC(CC)Nc1c(Br)cnn(CC2CCC2)c1=O. The van der Waals surface area contributed by atoms with Crippen LogP contribution in [0, 0.1) is 18.3 Å². The Balaban J connectivity index is 2.23. The van der Waals surface area contributed by atoms with Gasteiger partial charge in [-0.1, -0.05) is 19.3 Å². The van der Waals surface area contributed by atoms with E-state index in [0.29, 0.717) is 22.6 Å². The van der Waals surface area contributed by atoms with E-state index in [-0.39, 0.29) is 11.6 Å². The average Bonchev–Trinajstić information content (AvgIpc) is 2.36. The fourth-order valence-corrected chi connectivity index (χ4v) is 2.46. The van der Waals surface area contributed by atoms with Gasteiger partial charge in [0.1, 0.15) is 5.69 Å². The zero-order valence-electron chi connectivity index (χ0n) is 11.0. The molecular weight excluding hydrogens is 306 g/mol. The monoisotopic (exact) mass is 323 g/mol. The molecule has 0 amide bonds. The summed E-state index contributed by atoms with van der Waals surface area (Å²) in [6, 6.07) is -0.136. The fourth-order valence-electron chi connectivity index (χ4n) is 2.09. The number of nitrogens with one attached hydrogen (secondary N) is 1. The predicted molar refractivity (Wildman–Crippen MR) is 80.1 cm³/mol. The van der Waals surface area contributed by atoms with Gasteiger partial charge in [0.2, 0.25) is 0 Å². The van der Waals surface area contributed by atoms with Gasteiger partial charge in [0.05, 0.1) is 16.7 Å². The Morgan fingerprint density at radius 3 is 2.95 bits per heavy atom. The van der Waals surface area contributed by atoms with Gasteiger partial charge in [-0.3, -0.25) is 4.79 Å². The maximum absolute atomic E-state index is 12.4. The third-order valence-corrected chi connectivity index (χ3v) is 4.18. The summed E-state index contributed by atoms with van der Waals surface area (Å²) in [6.45, 7) is 2.69. The molecule has 0 saturated heterocycles. The van der Waals surface area contributed by atoms with Gasteiger partial charge in [0.15, 0.2) is 0 Å². The van der Waals surface area contributed by atoms with Crippen LogP contribution in [0.4, 0.5) is 5.69 Å². The van der Waals surface area contributed by atoms with Crippen molar-refractivity contribution in [2.24, 2.45) is 5.92 Å². The Bertz CT molecular complexity index is 543. The lowest BCUT2D eigenvalue weighted by molar-refractivity contribution is 0.262. The van der Waals surface area contributed by atoms with Gasteiger partial charge in [0.25, 0.3) is 5.56 Å². The van der Waals surface area contributed by atoms with Gasteiger partial charge < -0.3 is 5.32 Å². The van der Waals surface area contributed by atoms with Crippen LogP contribution >= 0.6 is 15.9 Å². The summed E-state index contributed by atoms with van der Waals surface area (Å²) in [5, 5.41) is 7.29. The first-order valence-electron chi connectivity index (χ1n) is 6.64. The Labute approximate surface area is 121 Å². The Kier molecular flexibility index (Phi) is 4.65. The number of terminal acetylenes is 1. The molecule has 0 aliphatic heterocycles. The summed E-state index contributed by atoms with van der Waals surface area (Å²) >= 11 is 3.36. The standard InChI is InChI=1S/C14H18BrN3O/c1-3-11(4-2)17-13-12(15)8-16-18(14(13)19)9-10-6-5-7-10/h1,8,10-11,17H,4-7,9H2,2H3. The van der Waals surface area contributed by atoms with E-state index in [9.17, 15) is 4.79 Å². The molecule has 0 radical (unpaired) electrons. The van der Waals surface area contributed by atoms with Crippen molar-refractivity contribution >= 4 is 21.6 Å². The summed E-state index contributed by atoms with van der Waals surface area (Å²) in [5.41, 5.74) is 0.411. The van der Waals surface area contributed by atoms with Crippen molar-refractivity contribution in [2.45, 2.75) is 45.2 Å². The topological polar surface area (TPSA) is 46.9 Å². The van der Waals surface area contributed by atoms with Crippen molar-refractivity contribution in [2.75, 3.05) is 5.32 Å². The van der Waals surface area contributed by atoms with E-state index in [2.05, 4.69) is 32.3 Å². The van der Waals surface area contributed by atoms with E-state index < -0.39 is 0 Å². The lowest BCUT2D eigenvalue weighted by Crippen LogP contribution is -2.32. The first-order valence-corrected chi connectivity index (χ1v) is 7.43. The fraction of sp³-hybridized carbons (Fsp3) is 0.571. The maximum Gasteiger partial charge on any atom is 0.291 e. The Hall–Kier alpha value is -1.28. The number of rotatable bonds is 5. The minimum Gasteiger partial charge on any atom is -0.366 e. The van der Waals surface area contributed by atoms with Crippen molar-refractivity contribution in [3.63, 3.8) is 0 Å². The predicted octanol–water partition coefficient (Wildman–Crippen LogP) is 2.63. The van der Waals surface area contributed by atoms with Crippen LogP contribution in [0.1, 0.15) is 32.6 Å². The van der Waals surface area contributed by atoms with E-state index in [1.807, 2.05) is 6.92 Å². The van der Waals surface area contributed by atoms with Gasteiger partial charge >= 0.3 is 0 Å². The lowest BCUT2D eigenvalue weighted by atomic mass is 9.85. The quantitative estimate of drug-likeness (QED) is 0.847. The second-order valence-electron chi connectivity index (χ2n) is 4.92. The molecule has 0 aromatic carbocycles. The van der Waals surface area contributed by atoms with Gasteiger partial charge in [-0.15, -0.1) is 6.42 Å². The maximum atomic E-state index is 12.4. The van der Waals surface area contributed by atoms with Crippen LogP contribution in [0.25, 0.3) is 0 Å². The number of hydrogen-bond donors (Lipinski definition) is 1. The van der Waals surface area contributed by atoms with Crippen LogP contribution in [0.5, 0.6) is 0 Å². The van der Waals surface area contributed by atoms with Crippen LogP contribution < -0.4 is 10.9 Å². The molecular formula is C14H18BrN3O. The van der Waals surface area contributed by atoms with Gasteiger partial charge in [0, 0.05) is 6.54 Å². The minimum absolute atomic E-state index is 0.102. The number of halogens is 1. The molecule has 1 unspecified atom stereocenters. The number of anilines is 1. The van der Waals surface area contributed by atoms with Crippen LogP contribution in [0.15, 0.2) is 15.5 Å². The van der Waals surface area contributed by atoms with E-state index in [1.165, 1.54) is 19.3 Å². The molecule has 1 fully saturated rings. The van der Waals surface area contributed by atoms with Crippen molar-refractivity contribution < 1.29 is 0 Å². The highest BCUT2D eigenvalue weighted by molar-refractivity contribution is 9.10. The Morgan fingerprint density at radius 1 is 1.68 bits per heavy atom. The van der Waals surface area contributed by atoms with Crippen LogP contribution in [-0.4, -0.2) is 15.8 Å². The molecule has 1 N–H and O–H groups in total. The average molecular weight is 324 g/mol. The molecule has 1 aliphatic rings. The molecule has 0 bridgehead atoms. The molecule has 1 heterocycles. The second kappa shape index (κ2) is 6.25. The first-order chi connectivity index (χ1) is 9.15. The third kappa shape index (κ3) is 3.19. The van der Waals surface area contributed by atoms with Gasteiger partial charge in [-0.25, -0.2) is 4.68 Å². The van der Waals surface area contributed by atoms with E-state index >= 15 is 0 Å². The number of nitrogens with zero attached hydrogens (tertiary/aromatic N) is 2. The van der Waals surface area contributed by atoms with Gasteiger partial charge in [-0.05, 0) is 41.1 Å². The normalized spacial score (nSPS) is 16.5. The molecule has 19 heavy (non-hydrogen) atoms. The molecule has 5 heteroatoms. The summed E-state index contributed by atoms with van der Waals surface area (Å²) in [5.74, 6) is 3.23. The number of aromatic nitrogens is 2. The van der Waals surface area contributed by atoms with Gasteiger partial charge in [-0.2, -0.15) is 5.10 Å².